The Morgan fingerprint density at radius 3 is 2.84 bits per heavy atom. The van der Waals surface area contributed by atoms with Crippen LogP contribution in [0.2, 0.25) is 0 Å². The van der Waals surface area contributed by atoms with E-state index in [-0.39, 0.29) is 6.03 Å². The summed E-state index contributed by atoms with van der Waals surface area (Å²) in [5.41, 5.74) is 2.87. The number of aryl methyl sites for hydroxylation is 1. The first kappa shape index (κ1) is 15.9. The zero-order valence-electron chi connectivity index (χ0n) is 14.5. The molecule has 0 aromatic carbocycles. The van der Waals surface area contributed by atoms with Crippen molar-refractivity contribution in [1.82, 2.24) is 30.2 Å². The standard InChI is InChI=1S/C9H8N4.C9H16N2O/c1-5-12-7-4-11-9-6(2-3-10-9)8(7)13-5;12-9-10-6-7-11(9)8-4-2-1-3-5-8/h2-4H,1H3,(H,10,11)(H,12,13);8H,1-7H2,(H,10,12). The molecular formula is C18H24N6O. The van der Waals surface area contributed by atoms with Gasteiger partial charge < -0.3 is 20.2 Å². The van der Waals surface area contributed by atoms with Crippen LogP contribution in [0, 0.1) is 6.92 Å². The fourth-order valence-electron chi connectivity index (χ4n) is 3.82. The number of imidazole rings is 1. The quantitative estimate of drug-likeness (QED) is 0.636. The third kappa shape index (κ3) is 3.18. The molecule has 5 rings (SSSR count). The first-order valence-electron chi connectivity index (χ1n) is 9.05. The van der Waals surface area contributed by atoms with Crippen molar-refractivity contribution in [2.24, 2.45) is 0 Å². The topological polar surface area (TPSA) is 89.7 Å². The summed E-state index contributed by atoms with van der Waals surface area (Å²) in [6.07, 6.45) is 10.1. The number of aromatic amines is 2. The van der Waals surface area contributed by atoms with Crippen molar-refractivity contribution in [3.8, 4) is 0 Å². The molecule has 0 bridgehead atoms. The first-order valence-corrected chi connectivity index (χ1v) is 9.05. The summed E-state index contributed by atoms with van der Waals surface area (Å²) in [5, 5.41) is 3.93. The molecule has 0 spiro atoms. The van der Waals surface area contributed by atoms with Gasteiger partial charge in [-0.25, -0.2) is 14.8 Å². The van der Waals surface area contributed by atoms with Gasteiger partial charge in [0, 0.05) is 30.7 Å². The number of carbonyl (C=O) groups excluding carboxylic acids is 1. The van der Waals surface area contributed by atoms with Crippen molar-refractivity contribution in [3.05, 3.63) is 24.3 Å². The molecule has 1 aliphatic carbocycles. The molecule has 1 aliphatic heterocycles. The van der Waals surface area contributed by atoms with Gasteiger partial charge in [-0.15, -0.1) is 0 Å². The highest BCUT2D eigenvalue weighted by Gasteiger charge is 2.28. The van der Waals surface area contributed by atoms with Crippen molar-refractivity contribution >= 4 is 28.1 Å². The van der Waals surface area contributed by atoms with E-state index in [1.54, 1.807) is 6.20 Å². The number of hydrogen-bond donors (Lipinski definition) is 3. The second-order valence-electron chi connectivity index (χ2n) is 6.80. The van der Waals surface area contributed by atoms with Gasteiger partial charge in [-0.2, -0.15) is 0 Å². The Morgan fingerprint density at radius 2 is 2.08 bits per heavy atom. The number of rotatable bonds is 1. The molecule has 2 amide bonds. The zero-order chi connectivity index (χ0) is 17.2. The maximum Gasteiger partial charge on any atom is 0.317 e. The number of amides is 2. The molecule has 4 heterocycles. The Labute approximate surface area is 146 Å². The van der Waals surface area contributed by atoms with Crippen LogP contribution in [0.15, 0.2) is 18.5 Å². The van der Waals surface area contributed by atoms with E-state index in [2.05, 4.69) is 25.3 Å². The van der Waals surface area contributed by atoms with Crippen molar-refractivity contribution in [1.29, 1.82) is 0 Å². The largest absolute Gasteiger partial charge is 0.346 e. The van der Waals surface area contributed by atoms with Gasteiger partial charge in [0.25, 0.3) is 0 Å². The molecule has 0 atom stereocenters. The molecule has 3 aromatic heterocycles. The summed E-state index contributed by atoms with van der Waals surface area (Å²) in [7, 11) is 0. The molecule has 7 nitrogen and oxygen atoms in total. The second-order valence-corrected chi connectivity index (χ2v) is 6.80. The molecule has 132 valence electrons. The maximum absolute atomic E-state index is 11.3. The van der Waals surface area contributed by atoms with Crippen molar-refractivity contribution in [3.63, 3.8) is 0 Å². The number of nitrogens with zero attached hydrogens (tertiary/aromatic N) is 3. The molecule has 25 heavy (non-hydrogen) atoms. The van der Waals surface area contributed by atoms with Gasteiger partial charge in [-0.05, 0) is 25.8 Å². The Kier molecular flexibility index (Phi) is 4.29. The van der Waals surface area contributed by atoms with Crippen LogP contribution >= 0.6 is 0 Å². The fraction of sp³-hybridized carbons (Fsp3) is 0.500. The number of nitrogens with one attached hydrogen (secondary N) is 3. The van der Waals surface area contributed by atoms with E-state index < -0.39 is 0 Å². The lowest BCUT2D eigenvalue weighted by atomic mass is 9.94. The SMILES string of the molecule is Cc1nc2c(cnc3[nH]ccc32)[nH]1.O=C1NCCN1C1CCCCC1. The molecular weight excluding hydrogens is 316 g/mol. The van der Waals surface area contributed by atoms with Crippen LogP contribution in [0.4, 0.5) is 4.79 Å². The highest BCUT2D eigenvalue weighted by molar-refractivity contribution is 6.00. The van der Waals surface area contributed by atoms with Gasteiger partial charge in [0.05, 0.1) is 11.7 Å². The summed E-state index contributed by atoms with van der Waals surface area (Å²) in [6, 6.07) is 2.69. The van der Waals surface area contributed by atoms with Crippen LogP contribution in [0.1, 0.15) is 37.9 Å². The number of aromatic nitrogens is 4. The summed E-state index contributed by atoms with van der Waals surface area (Å²) in [6.45, 7) is 3.71. The van der Waals surface area contributed by atoms with Gasteiger partial charge >= 0.3 is 6.03 Å². The van der Waals surface area contributed by atoms with E-state index in [9.17, 15) is 4.79 Å². The third-order valence-corrected chi connectivity index (χ3v) is 5.06. The third-order valence-electron chi connectivity index (χ3n) is 5.06. The number of pyridine rings is 1. The van der Waals surface area contributed by atoms with E-state index in [4.69, 9.17) is 0 Å². The molecule has 3 aromatic rings. The van der Waals surface area contributed by atoms with Crippen LogP contribution in [-0.2, 0) is 0 Å². The molecule has 2 fully saturated rings. The summed E-state index contributed by atoms with van der Waals surface area (Å²) in [5.74, 6) is 0.922. The highest BCUT2D eigenvalue weighted by Crippen LogP contribution is 2.23. The zero-order valence-corrected chi connectivity index (χ0v) is 14.5. The number of H-pyrrole nitrogens is 2. The van der Waals surface area contributed by atoms with E-state index in [1.165, 1.54) is 32.1 Å². The summed E-state index contributed by atoms with van der Waals surface area (Å²) in [4.78, 5) is 28.2. The number of hydrogen-bond acceptors (Lipinski definition) is 3. The number of fused-ring (bicyclic) bond motifs is 3. The van der Waals surface area contributed by atoms with Crippen LogP contribution in [0.3, 0.4) is 0 Å². The van der Waals surface area contributed by atoms with Gasteiger partial charge in [0.2, 0.25) is 0 Å². The smallest absolute Gasteiger partial charge is 0.317 e. The van der Waals surface area contributed by atoms with Crippen LogP contribution in [0.25, 0.3) is 22.1 Å². The Hall–Kier alpha value is -2.57. The monoisotopic (exact) mass is 340 g/mol. The molecule has 3 N–H and O–H groups in total. The Balaban J connectivity index is 0.000000126. The lowest BCUT2D eigenvalue weighted by Gasteiger charge is -2.29. The minimum atomic E-state index is 0.155. The van der Waals surface area contributed by atoms with Crippen LogP contribution in [0.5, 0.6) is 0 Å². The van der Waals surface area contributed by atoms with Crippen LogP contribution in [-0.4, -0.2) is 50.0 Å². The molecule has 1 saturated heterocycles. The lowest BCUT2D eigenvalue weighted by molar-refractivity contribution is 0.179. The lowest BCUT2D eigenvalue weighted by Crippen LogP contribution is -2.39. The van der Waals surface area contributed by atoms with Gasteiger partial charge in [-0.3, -0.25) is 0 Å². The highest BCUT2D eigenvalue weighted by atomic mass is 16.2. The van der Waals surface area contributed by atoms with Crippen LogP contribution < -0.4 is 5.32 Å². The minimum Gasteiger partial charge on any atom is -0.346 e. The normalized spacial score (nSPS) is 18.4. The van der Waals surface area contributed by atoms with E-state index in [0.29, 0.717) is 6.04 Å². The van der Waals surface area contributed by atoms with Gasteiger partial charge in [0.1, 0.15) is 17.0 Å². The molecule has 1 saturated carbocycles. The molecule has 0 unspecified atom stereocenters. The van der Waals surface area contributed by atoms with E-state index >= 15 is 0 Å². The number of carbonyl (C=O) groups is 1. The van der Waals surface area contributed by atoms with Crippen molar-refractivity contribution in [2.75, 3.05) is 13.1 Å². The molecule has 2 aliphatic rings. The predicted molar refractivity (Wildman–Crippen MR) is 97.5 cm³/mol. The number of urea groups is 1. The van der Waals surface area contributed by atoms with Crippen molar-refractivity contribution < 1.29 is 4.79 Å². The fourth-order valence-corrected chi connectivity index (χ4v) is 3.82. The van der Waals surface area contributed by atoms with Gasteiger partial charge in [0.15, 0.2) is 0 Å². The van der Waals surface area contributed by atoms with Gasteiger partial charge in [-0.1, -0.05) is 19.3 Å². The minimum absolute atomic E-state index is 0.155. The first-order chi connectivity index (χ1) is 12.2. The maximum atomic E-state index is 11.3. The predicted octanol–water partition coefficient (Wildman–Crippen LogP) is 3.09. The molecule has 0 radical (unpaired) electrons. The summed E-state index contributed by atoms with van der Waals surface area (Å²) >= 11 is 0. The summed E-state index contributed by atoms with van der Waals surface area (Å²) < 4.78 is 0. The Morgan fingerprint density at radius 1 is 1.24 bits per heavy atom. The van der Waals surface area contributed by atoms with Crippen molar-refractivity contribution in [2.45, 2.75) is 45.1 Å². The second kappa shape index (κ2) is 6.74. The molecule has 7 heteroatoms. The Bertz CT molecular complexity index is 876. The average molecular weight is 340 g/mol. The average Bonchev–Trinajstić information content (AvgIpc) is 3.34. The van der Waals surface area contributed by atoms with E-state index in [1.807, 2.05) is 24.1 Å². The van der Waals surface area contributed by atoms with E-state index in [0.717, 1.165) is 41.0 Å².